The Morgan fingerprint density at radius 2 is 1.79 bits per heavy atom. The quantitative estimate of drug-likeness (QED) is 0.752. The Balaban J connectivity index is 2.90. The number of rotatable bonds is 5. The van der Waals surface area contributed by atoms with E-state index in [1.54, 1.807) is 12.1 Å². The van der Waals surface area contributed by atoms with Crippen LogP contribution in [0.2, 0.25) is 0 Å². The number of carbonyl (C=O) groups is 2. The molecule has 0 aliphatic carbocycles. The van der Waals surface area contributed by atoms with Crippen molar-refractivity contribution in [2.24, 2.45) is 0 Å². The van der Waals surface area contributed by atoms with Crippen LogP contribution in [0.15, 0.2) is 18.2 Å². The van der Waals surface area contributed by atoms with Gasteiger partial charge < -0.3 is 18.9 Å². The highest BCUT2D eigenvalue weighted by molar-refractivity contribution is 5.94. The van der Waals surface area contributed by atoms with Crippen molar-refractivity contribution in [3.8, 4) is 11.5 Å². The van der Waals surface area contributed by atoms with E-state index in [1.807, 2.05) is 0 Å². The lowest BCUT2D eigenvalue weighted by atomic mass is 10.2. The molecule has 0 aromatic heterocycles. The van der Waals surface area contributed by atoms with Crippen LogP contribution in [0.4, 0.5) is 0 Å². The van der Waals surface area contributed by atoms with E-state index in [-0.39, 0.29) is 5.56 Å². The second kappa shape index (κ2) is 6.63. The zero-order valence-corrected chi connectivity index (χ0v) is 11.3. The highest BCUT2D eigenvalue weighted by Crippen LogP contribution is 2.25. The van der Waals surface area contributed by atoms with Crippen molar-refractivity contribution in [3.05, 3.63) is 23.8 Å². The molecule has 0 saturated heterocycles. The van der Waals surface area contributed by atoms with Gasteiger partial charge in [0.05, 0.1) is 21.3 Å². The van der Waals surface area contributed by atoms with Gasteiger partial charge in [0.15, 0.2) is 6.10 Å². The van der Waals surface area contributed by atoms with Crippen LogP contribution >= 0.6 is 0 Å². The summed E-state index contributed by atoms with van der Waals surface area (Å²) in [6, 6.07) is 4.66. The first kappa shape index (κ1) is 14.8. The van der Waals surface area contributed by atoms with Gasteiger partial charge in [0.2, 0.25) is 0 Å². The molecule has 6 heteroatoms. The minimum absolute atomic E-state index is 0.207. The summed E-state index contributed by atoms with van der Waals surface area (Å²) in [6.45, 7) is 1.43. The lowest BCUT2D eigenvalue weighted by Crippen LogP contribution is -2.25. The van der Waals surface area contributed by atoms with Crippen LogP contribution in [0.3, 0.4) is 0 Å². The average molecular weight is 268 g/mol. The van der Waals surface area contributed by atoms with E-state index in [2.05, 4.69) is 4.74 Å². The summed E-state index contributed by atoms with van der Waals surface area (Å²) >= 11 is 0. The Labute approximate surface area is 111 Å². The van der Waals surface area contributed by atoms with E-state index < -0.39 is 18.0 Å². The van der Waals surface area contributed by atoms with E-state index in [0.29, 0.717) is 11.5 Å². The molecule has 0 N–H and O–H groups in total. The number of ether oxygens (including phenoxy) is 4. The Morgan fingerprint density at radius 1 is 1.11 bits per heavy atom. The molecular weight excluding hydrogens is 252 g/mol. The van der Waals surface area contributed by atoms with Crippen LogP contribution in [-0.2, 0) is 14.3 Å². The van der Waals surface area contributed by atoms with Gasteiger partial charge in [-0.2, -0.15) is 0 Å². The van der Waals surface area contributed by atoms with Crippen LogP contribution in [0.25, 0.3) is 0 Å². The largest absolute Gasteiger partial charge is 0.497 e. The second-order valence-corrected chi connectivity index (χ2v) is 3.64. The minimum atomic E-state index is -0.982. The summed E-state index contributed by atoms with van der Waals surface area (Å²) < 4.78 is 19.5. The van der Waals surface area contributed by atoms with E-state index in [1.165, 1.54) is 34.3 Å². The summed E-state index contributed by atoms with van der Waals surface area (Å²) in [5, 5.41) is 0. The van der Waals surface area contributed by atoms with Crippen molar-refractivity contribution in [1.29, 1.82) is 0 Å². The molecule has 1 atom stereocenters. The first-order chi connectivity index (χ1) is 9.03. The lowest BCUT2D eigenvalue weighted by molar-refractivity contribution is -0.149. The van der Waals surface area contributed by atoms with Crippen LogP contribution in [0, 0.1) is 0 Å². The fourth-order valence-corrected chi connectivity index (χ4v) is 1.41. The zero-order chi connectivity index (χ0) is 14.4. The molecule has 1 aromatic rings. The lowest BCUT2D eigenvalue weighted by Gasteiger charge is -2.13. The van der Waals surface area contributed by atoms with E-state index >= 15 is 0 Å². The molecule has 1 unspecified atom stereocenters. The number of benzene rings is 1. The molecule has 1 aromatic carbocycles. The van der Waals surface area contributed by atoms with Gasteiger partial charge in [0.25, 0.3) is 0 Å². The molecule has 1 rings (SSSR count). The molecule has 0 radical (unpaired) electrons. The maximum Gasteiger partial charge on any atom is 0.346 e. The molecule has 19 heavy (non-hydrogen) atoms. The minimum Gasteiger partial charge on any atom is -0.497 e. The predicted molar refractivity (Wildman–Crippen MR) is 66.4 cm³/mol. The maximum absolute atomic E-state index is 11.9. The summed E-state index contributed by atoms with van der Waals surface area (Å²) in [5.74, 6) is -0.436. The summed E-state index contributed by atoms with van der Waals surface area (Å²) in [4.78, 5) is 23.1. The molecule has 0 aliphatic heterocycles. The number of hydrogen-bond acceptors (Lipinski definition) is 6. The number of carbonyl (C=O) groups excluding carboxylic acids is 2. The highest BCUT2D eigenvalue weighted by atomic mass is 16.6. The van der Waals surface area contributed by atoms with Crippen molar-refractivity contribution in [2.45, 2.75) is 13.0 Å². The molecule has 6 nitrogen and oxygen atoms in total. The van der Waals surface area contributed by atoms with Crippen LogP contribution in [0.5, 0.6) is 11.5 Å². The first-order valence-electron chi connectivity index (χ1n) is 5.54. The molecule has 0 fully saturated rings. The number of hydrogen-bond donors (Lipinski definition) is 0. The highest BCUT2D eigenvalue weighted by Gasteiger charge is 2.22. The number of esters is 2. The molecule has 0 aliphatic rings. The monoisotopic (exact) mass is 268 g/mol. The van der Waals surface area contributed by atoms with Gasteiger partial charge in [-0.3, -0.25) is 0 Å². The Kier molecular flexibility index (Phi) is 5.17. The molecule has 0 heterocycles. The van der Waals surface area contributed by atoms with Gasteiger partial charge in [-0.15, -0.1) is 0 Å². The van der Waals surface area contributed by atoms with Crippen LogP contribution in [-0.4, -0.2) is 39.4 Å². The summed E-state index contributed by atoms with van der Waals surface area (Å²) in [6.07, 6.45) is -0.982. The third-order valence-electron chi connectivity index (χ3n) is 2.45. The first-order valence-corrected chi connectivity index (χ1v) is 5.54. The van der Waals surface area contributed by atoms with Crippen molar-refractivity contribution in [2.75, 3.05) is 21.3 Å². The van der Waals surface area contributed by atoms with Crippen molar-refractivity contribution in [1.82, 2.24) is 0 Å². The van der Waals surface area contributed by atoms with Gasteiger partial charge in [0, 0.05) is 6.07 Å². The Morgan fingerprint density at radius 3 is 2.32 bits per heavy atom. The standard InChI is InChI=1S/C13H16O6/c1-8(12(14)18-4)19-13(15)10-6-5-9(16-2)7-11(10)17-3/h5-8H,1-4H3. The van der Waals surface area contributed by atoms with Gasteiger partial charge >= 0.3 is 11.9 Å². The fourth-order valence-electron chi connectivity index (χ4n) is 1.41. The average Bonchev–Trinajstić information content (AvgIpc) is 2.45. The molecule has 0 bridgehead atoms. The van der Waals surface area contributed by atoms with Gasteiger partial charge in [0.1, 0.15) is 17.1 Å². The SMILES string of the molecule is COC(=O)C(C)OC(=O)c1ccc(OC)cc1OC. The molecule has 104 valence electrons. The molecular formula is C13H16O6. The Hall–Kier alpha value is -2.24. The second-order valence-electron chi connectivity index (χ2n) is 3.64. The molecule has 0 saturated carbocycles. The van der Waals surface area contributed by atoms with Crippen LogP contribution in [0.1, 0.15) is 17.3 Å². The van der Waals surface area contributed by atoms with Gasteiger partial charge in [-0.25, -0.2) is 9.59 Å². The molecule has 0 spiro atoms. The van der Waals surface area contributed by atoms with Crippen LogP contribution < -0.4 is 9.47 Å². The topological polar surface area (TPSA) is 71.1 Å². The molecule has 0 amide bonds. The van der Waals surface area contributed by atoms with Crippen molar-refractivity contribution < 1.29 is 28.5 Å². The van der Waals surface area contributed by atoms with Gasteiger partial charge in [-0.1, -0.05) is 0 Å². The Bertz CT molecular complexity index is 468. The number of methoxy groups -OCH3 is 3. The fraction of sp³-hybridized carbons (Fsp3) is 0.385. The van der Waals surface area contributed by atoms with Crippen molar-refractivity contribution in [3.63, 3.8) is 0 Å². The smallest absolute Gasteiger partial charge is 0.346 e. The third-order valence-corrected chi connectivity index (χ3v) is 2.45. The zero-order valence-electron chi connectivity index (χ0n) is 11.3. The van der Waals surface area contributed by atoms with E-state index in [9.17, 15) is 9.59 Å². The summed E-state index contributed by atoms with van der Waals surface area (Å²) in [5.41, 5.74) is 0.207. The third kappa shape index (κ3) is 3.61. The van der Waals surface area contributed by atoms with E-state index in [4.69, 9.17) is 14.2 Å². The van der Waals surface area contributed by atoms with Crippen molar-refractivity contribution >= 4 is 11.9 Å². The summed E-state index contributed by atoms with van der Waals surface area (Å²) in [7, 11) is 4.15. The maximum atomic E-state index is 11.9. The van der Waals surface area contributed by atoms with E-state index in [0.717, 1.165) is 0 Å². The predicted octanol–water partition coefficient (Wildman–Crippen LogP) is 1.42. The normalized spacial score (nSPS) is 11.4. The van der Waals surface area contributed by atoms with Gasteiger partial charge in [-0.05, 0) is 19.1 Å².